The summed E-state index contributed by atoms with van der Waals surface area (Å²) in [4.78, 5) is 24.5. The normalized spacial score (nSPS) is 18.1. The number of hydrogen-bond acceptors (Lipinski definition) is 2. The molecule has 108 valence electrons. The predicted octanol–water partition coefficient (Wildman–Crippen LogP) is 3.84. The summed E-state index contributed by atoms with van der Waals surface area (Å²) in [6.07, 6.45) is 1.11. The number of rotatable bonds is 2. The molecule has 1 aromatic rings. The van der Waals surface area contributed by atoms with Crippen molar-refractivity contribution in [2.24, 2.45) is 0 Å². The molecule has 20 heavy (non-hydrogen) atoms. The molecule has 1 unspecified atom stereocenters. The minimum absolute atomic E-state index is 0.276. The fraction of sp³-hybridized carbons (Fsp3) is 0.333. The maximum Gasteiger partial charge on any atom is 0.326 e. The number of urea groups is 1. The molecule has 1 saturated heterocycles. The van der Waals surface area contributed by atoms with Crippen molar-refractivity contribution < 1.29 is 14.7 Å². The van der Waals surface area contributed by atoms with Crippen molar-refractivity contribution >= 4 is 56.8 Å². The molecule has 1 atom stereocenters. The minimum Gasteiger partial charge on any atom is -0.480 e. The molecule has 2 N–H and O–H groups in total. The smallest absolute Gasteiger partial charge is 0.326 e. The number of hydrogen-bond donors (Lipinski definition) is 2. The first kappa shape index (κ1) is 15.4. The van der Waals surface area contributed by atoms with E-state index in [0.717, 1.165) is 0 Å². The van der Waals surface area contributed by atoms with Crippen molar-refractivity contribution in [3.05, 3.63) is 26.7 Å². The summed E-state index contributed by atoms with van der Waals surface area (Å²) >= 11 is 15.3. The Kier molecular flexibility index (Phi) is 4.78. The van der Waals surface area contributed by atoms with Gasteiger partial charge in [-0.3, -0.25) is 0 Å². The number of benzene rings is 1. The van der Waals surface area contributed by atoms with Gasteiger partial charge in [-0.25, -0.2) is 9.59 Å². The quantitative estimate of drug-likeness (QED) is 0.817. The van der Waals surface area contributed by atoms with Gasteiger partial charge in [-0.05, 0) is 25.0 Å². The summed E-state index contributed by atoms with van der Waals surface area (Å²) in [6.45, 7) is 0.397. The van der Waals surface area contributed by atoms with Gasteiger partial charge in [0.2, 0.25) is 0 Å². The highest BCUT2D eigenvalue weighted by atomic mass is 79.9. The van der Waals surface area contributed by atoms with E-state index in [1.54, 1.807) is 12.1 Å². The van der Waals surface area contributed by atoms with Gasteiger partial charge < -0.3 is 15.3 Å². The highest BCUT2D eigenvalue weighted by Crippen LogP contribution is 2.34. The Balaban J connectivity index is 2.18. The topological polar surface area (TPSA) is 69.6 Å². The Morgan fingerprint density at radius 2 is 1.95 bits per heavy atom. The summed E-state index contributed by atoms with van der Waals surface area (Å²) in [5, 5.41) is 12.2. The summed E-state index contributed by atoms with van der Waals surface area (Å²) in [6, 6.07) is 1.88. The van der Waals surface area contributed by atoms with E-state index in [1.807, 2.05) is 0 Å². The number of likely N-dealkylation sites (tertiary alicyclic amines) is 1. The molecule has 1 heterocycles. The largest absolute Gasteiger partial charge is 0.480 e. The molecule has 8 heteroatoms. The number of carboxylic acid groups (broad SMARTS) is 1. The van der Waals surface area contributed by atoms with Crippen molar-refractivity contribution in [3.63, 3.8) is 0 Å². The Labute approximate surface area is 134 Å². The molecule has 1 fully saturated rings. The first-order chi connectivity index (χ1) is 9.40. The number of aliphatic carboxylic acids is 1. The summed E-state index contributed by atoms with van der Waals surface area (Å²) < 4.78 is 0.690. The average Bonchev–Trinajstić information content (AvgIpc) is 2.82. The highest BCUT2D eigenvalue weighted by molar-refractivity contribution is 9.10. The number of carbonyl (C=O) groups is 2. The van der Waals surface area contributed by atoms with Crippen molar-refractivity contribution in [2.75, 3.05) is 11.9 Å². The monoisotopic (exact) mass is 380 g/mol. The maximum absolute atomic E-state index is 12.1. The Morgan fingerprint density at radius 1 is 1.35 bits per heavy atom. The number of carboxylic acids is 1. The van der Waals surface area contributed by atoms with Gasteiger partial charge in [0.25, 0.3) is 0 Å². The van der Waals surface area contributed by atoms with E-state index < -0.39 is 18.0 Å². The standard InChI is InChI=1S/C12H11BrCl2N2O3/c13-6-4-7(14)10(8(15)5-6)16-12(20)17-3-1-2-9(17)11(18)19/h4-5,9H,1-3H2,(H,16,20)(H,18,19). The summed E-state index contributed by atoms with van der Waals surface area (Å²) in [7, 11) is 0. The van der Waals surface area contributed by atoms with Gasteiger partial charge in [0.05, 0.1) is 15.7 Å². The fourth-order valence-electron chi connectivity index (χ4n) is 2.11. The van der Waals surface area contributed by atoms with Gasteiger partial charge >= 0.3 is 12.0 Å². The van der Waals surface area contributed by atoms with Crippen LogP contribution in [0.2, 0.25) is 10.0 Å². The minimum atomic E-state index is -1.01. The first-order valence-electron chi connectivity index (χ1n) is 5.85. The fourth-order valence-corrected chi connectivity index (χ4v) is 3.41. The average molecular weight is 382 g/mol. The van der Waals surface area contributed by atoms with E-state index in [9.17, 15) is 9.59 Å². The lowest BCUT2D eigenvalue weighted by Gasteiger charge is -2.22. The van der Waals surface area contributed by atoms with Gasteiger partial charge in [0.15, 0.2) is 0 Å². The molecule has 5 nitrogen and oxygen atoms in total. The molecule has 1 aromatic carbocycles. The zero-order chi connectivity index (χ0) is 14.9. The molecule has 1 aliphatic rings. The Hall–Kier alpha value is -0.980. The summed E-state index contributed by atoms with van der Waals surface area (Å²) in [5.41, 5.74) is 0.276. The van der Waals surface area contributed by atoms with Gasteiger partial charge in [-0.15, -0.1) is 0 Å². The predicted molar refractivity (Wildman–Crippen MR) is 80.5 cm³/mol. The zero-order valence-electron chi connectivity index (χ0n) is 10.2. The van der Waals surface area contributed by atoms with Crippen LogP contribution in [0.5, 0.6) is 0 Å². The molecule has 0 aliphatic carbocycles. The third-order valence-electron chi connectivity index (χ3n) is 3.04. The molecule has 0 bridgehead atoms. The van der Waals surface area contributed by atoms with Crippen LogP contribution in [0.25, 0.3) is 0 Å². The van der Waals surface area contributed by atoms with Crippen LogP contribution in [0, 0.1) is 0 Å². The van der Waals surface area contributed by atoms with Gasteiger partial charge in [0, 0.05) is 11.0 Å². The molecule has 1 aliphatic heterocycles. The second-order valence-electron chi connectivity index (χ2n) is 4.36. The Morgan fingerprint density at radius 3 is 2.50 bits per heavy atom. The number of carbonyl (C=O) groups excluding carboxylic acids is 1. The van der Waals surface area contributed by atoms with Crippen LogP contribution in [-0.4, -0.2) is 34.6 Å². The van der Waals surface area contributed by atoms with Crippen molar-refractivity contribution in [2.45, 2.75) is 18.9 Å². The second-order valence-corrected chi connectivity index (χ2v) is 6.09. The van der Waals surface area contributed by atoms with E-state index in [2.05, 4.69) is 21.2 Å². The molecule has 2 amide bonds. The maximum atomic E-state index is 12.1. The van der Waals surface area contributed by atoms with Crippen LogP contribution in [0.4, 0.5) is 10.5 Å². The van der Waals surface area contributed by atoms with E-state index >= 15 is 0 Å². The third kappa shape index (κ3) is 3.19. The molecule has 2 rings (SSSR count). The highest BCUT2D eigenvalue weighted by Gasteiger charge is 2.34. The van der Waals surface area contributed by atoms with Crippen LogP contribution < -0.4 is 5.32 Å². The van der Waals surface area contributed by atoms with Gasteiger partial charge in [-0.1, -0.05) is 39.1 Å². The Bertz CT molecular complexity index is 545. The van der Waals surface area contributed by atoms with Gasteiger partial charge in [-0.2, -0.15) is 0 Å². The second kappa shape index (κ2) is 6.20. The van der Waals surface area contributed by atoms with Gasteiger partial charge in [0.1, 0.15) is 6.04 Å². The van der Waals surface area contributed by atoms with Crippen LogP contribution in [-0.2, 0) is 4.79 Å². The molecule has 0 radical (unpaired) electrons. The number of amides is 2. The molecular weight excluding hydrogens is 371 g/mol. The van der Waals surface area contributed by atoms with E-state index in [-0.39, 0.29) is 15.7 Å². The van der Waals surface area contributed by atoms with Crippen molar-refractivity contribution in [1.82, 2.24) is 4.90 Å². The van der Waals surface area contributed by atoms with Crippen molar-refractivity contribution in [1.29, 1.82) is 0 Å². The van der Waals surface area contributed by atoms with Crippen LogP contribution in [0.1, 0.15) is 12.8 Å². The molecular formula is C12H11BrCl2N2O3. The molecule has 0 saturated carbocycles. The van der Waals surface area contributed by atoms with Crippen LogP contribution in [0.3, 0.4) is 0 Å². The molecule has 0 aromatic heterocycles. The summed E-state index contributed by atoms with van der Waals surface area (Å²) in [5.74, 6) is -1.01. The lowest BCUT2D eigenvalue weighted by atomic mass is 10.2. The first-order valence-corrected chi connectivity index (χ1v) is 7.40. The van der Waals surface area contributed by atoms with E-state index in [4.69, 9.17) is 28.3 Å². The van der Waals surface area contributed by atoms with Crippen LogP contribution >= 0.6 is 39.1 Å². The lowest BCUT2D eigenvalue weighted by Crippen LogP contribution is -2.42. The van der Waals surface area contributed by atoms with E-state index in [0.29, 0.717) is 23.9 Å². The third-order valence-corrected chi connectivity index (χ3v) is 4.09. The number of anilines is 1. The SMILES string of the molecule is O=C(O)C1CCCN1C(=O)Nc1c(Cl)cc(Br)cc1Cl. The molecule has 0 spiro atoms. The zero-order valence-corrected chi connectivity index (χ0v) is 13.3. The number of nitrogens with one attached hydrogen (secondary N) is 1. The lowest BCUT2D eigenvalue weighted by molar-refractivity contribution is -0.141. The van der Waals surface area contributed by atoms with Crippen LogP contribution in [0.15, 0.2) is 16.6 Å². The van der Waals surface area contributed by atoms with Crippen molar-refractivity contribution in [3.8, 4) is 0 Å². The number of halogens is 3. The number of nitrogens with zero attached hydrogens (tertiary/aromatic N) is 1. The van der Waals surface area contributed by atoms with E-state index in [1.165, 1.54) is 4.90 Å².